The van der Waals surface area contributed by atoms with Crippen LogP contribution in [-0.2, 0) is 11.3 Å². The van der Waals surface area contributed by atoms with E-state index in [1.165, 1.54) is 0 Å². The molecule has 5 nitrogen and oxygen atoms in total. The van der Waals surface area contributed by atoms with Gasteiger partial charge in [0.25, 0.3) is 0 Å². The third-order valence-electron chi connectivity index (χ3n) is 2.62. The smallest absolute Gasteiger partial charge is 0.238 e. The number of aromatic nitrogens is 2. The summed E-state index contributed by atoms with van der Waals surface area (Å²) in [5.41, 5.74) is 0.442. The summed E-state index contributed by atoms with van der Waals surface area (Å²) in [5, 5.41) is 6.56. The molecule has 0 radical (unpaired) electrons. The minimum Gasteiger partial charge on any atom is -0.336 e. The molecule has 7 heteroatoms. The lowest BCUT2D eigenvalue weighted by Crippen LogP contribution is -2.30. The second-order valence-electron chi connectivity index (χ2n) is 4.12. The second-order valence-corrected chi connectivity index (χ2v) is 4.94. The molecule has 2 aromatic rings. The van der Waals surface area contributed by atoms with Crippen LogP contribution in [0.2, 0.25) is 10.0 Å². The predicted molar refractivity (Wildman–Crippen MR) is 80.2 cm³/mol. The number of benzene rings is 1. The third-order valence-corrected chi connectivity index (χ3v) is 3.25. The monoisotopic (exact) mass is 312 g/mol. The van der Waals surface area contributed by atoms with Crippen molar-refractivity contribution in [2.24, 2.45) is 0 Å². The lowest BCUT2D eigenvalue weighted by molar-refractivity contribution is -0.115. The number of hydrogen-bond donors (Lipinski definition) is 2. The van der Waals surface area contributed by atoms with Crippen molar-refractivity contribution in [2.45, 2.75) is 6.54 Å². The molecule has 106 valence electrons. The van der Waals surface area contributed by atoms with Crippen LogP contribution in [0.3, 0.4) is 0 Å². The van der Waals surface area contributed by atoms with Crippen molar-refractivity contribution < 1.29 is 4.79 Å². The summed E-state index contributed by atoms with van der Waals surface area (Å²) in [5.74, 6) is -0.189. The van der Waals surface area contributed by atoms with E-state index in [0.717, 1.165) is 6.54 Å². The highest BCUT2D eigenvalue weighted by molar-refractivity contribution is 6.39. The summed E-state index contributed by atoms with van der Waals surface area (Å²) >= 11 is 11.9. The molecular weight excluding hydrogens is 299 g/mol. The van der Waals surface area contributed by atoms with E-state index in [9.17, 15) is 4.79 Å². The van der Waals surface area contributed by atoms with E-state index < -0.39 is 0 Å². The summed E-state index contributed by atoms with van der Waals surface area (Å²) in [6.45, 7) is 1.61. The Balaban J connectivity index is 1.75. The third kappa shape index (κ3) is 4.23. The minimum atomic E-state index is -0.189. The molecule has 0 aliphatic carbocycles. The van der Waals surface area contributed by atoms with Gasteiger partial charge in [0.1, 0.15) is 0 Å². The number of halogens is 2. The van der Waals surface area contributed by atoms with Gasteiger partial charge in [-0.1, -0.05) is 29.3 Å². The minimum absolute atomic E-state index is 0.189. The van der Waals surface area contributed by atoms with Crippen molar-refractivity contribution in [1.29, 1.82) is 0 Å². The maximum atomic E-state index is 11.8. The first-order valence-corrected chi connectivity index (χ1v) is 6.83. The Morgan fingerprint density at radius 3 is 2.70 bits per heavy atom. The number of anilines is 1. The molecular formula is C13H14Cl2N4O. The van der Waals surface area contributed by atoms with Crippen molar-refractivity contribution >= 4 is 34.8 Å². The molecule has 20 heavy (non-hydrogen) atoms. The first-order valence-electron chi connectivity index (χ1n) is 6.07. The number of carbonyl (C=O) groups is 1. The normalized spacial score (nSPS) is 10.5. The first kappa shape index (κ1) is 14.8. The van der Waals surface area contributed by atoms with Crippen LogP contribution in [0.15, 0.2) is 36.9 Å². The number of carbonyl (C=O) groups excluding carboxylic acids is 1. The molecule has 0 unspecified atom stereocenters. The van der Waals surface area contributed by atoms with Gasteiger partial charge >= 0.3 is 0 Å². The number of nitrogens with one attached hydrogen (secondary N) is 2. The van der Waals surface area contributed by atoms with Gasteiger partial charge in [-0.3, -0.25) is 4.79 Å². The summed E-state index contributed by atoms with van der Waals surface area (Å²) in [6, 6.07) is 5.08. The SMILES string of the molecule is O=C(CNCCn1ccnc1)Nc1c(Cl)cccc1Cl. The molecule has 2 N–H and O–H groups in total. The molecule has 0 saturated carbocycles. The van der Waals surface area contributed by atoms with Crippen LogP contribution in [0.4, 0.5) is 5.69 Å². The molecule has 0 fully saturated rings. The van der Waals surface area contributed by atoms with Crippen LogP contribution >= 0.6 is 23.2 Å². The molecule has 1 aromatic carbocycles. The van der Waals surface area contributed by atoms with Crippen molar-refractivity contribution in [3.8, 4) is 0 Å². The molecule has 1 aromatic heterocycles. The van der Waals surface area contributed by atoms with Gasteiger partial charge in [-0.25, -0.2) is 4.98 Å². The van der Waals surface area contributed by atoms with Gasteiger partial charge in [-0.2, -0.15) is 0 Å². The number of rotatable bonds is 6. The van der Waals surface area contributed by atoms with E-state index in [1.54, 1.807) is 30.7 Å². The highest BCUT2D eigenvalue weighted by Crippen LogP contribution is 2.29. The van der Waals surface area contributed by atoms with Gasteiger partial charge in [0.2, 0.25) is 5.91 Å². The van der Waals surface area contributed by atoms with Crippen molar-refractivity contribution in [2.75, 3.05) is 18.4 Å². The largest absolute Gasteiger partial charge is 0.336 e. The Kier molecular flexibility index (Phi) is 5.40. The van der Waals surface area contributed by atoms with Gasteiger partial charge < -0.3 is 15.2 Å². The van der Waals surface area contributed by atoms with Gasteiger partial charge in [-0.05, 0) is 12.1 Å². The average molecular weight is 313 g/mol. The number of imidazole rings is 1. The molecule has 2 rings (SSSR count). The first-order chi connectivity index (χ1) is 9.66. The van der Waals surface area contributed by atoms with Crippen molar-refractivity contribution in [3.63, 3.8) is 0 Å². The number of hydrogen-bond acceptors (Lipinski definition) is 3. The Hall–Kier alpha value is -1.56. The Morgan fingerprint density at radius 1 is 1.30 bits per heavy atom. The van der Waals surface area contributed by atoms with E-state index in [0.29, 0.717) is 22.3 Å². The summed E-state index contributed by atoms with van der Waals surface area (Å²) in [6.07, 6.45) is 5.31. The van der Waals surface area contributed by atoms with Gasteiger partial charge in [0, 0.05) is 25.5 Å². The fourth-order valence-electron chi connectivity index (χ4n) is 1.63. The number of nitrogens with zero attached hydrogens (tertiary/aromatic N) is 2. The molecule has 0 aliphatic rings. The van der Waals surface area contributed by atoms with E-state index in [1.807, 2.05) is 10.8 Å². The molecule has 1 amide bonds. The standard InChI is InChI=1S/C13H14Cl2N4O/c14-10-2-1-3-11(15)13(10)18-12(20)8-16-4-6-19-7-5-17-9-19/h1-3,5,7,9,16H,4,6,8H2,(H,18,20). The highest BCUT2D eigenvalue weighted by Gasteiger charge is 2.08. The van der Waals surface area contributed by atoms with E-state index in [4.69, 9.17) is 23.2 Å². The maximum absolute atomic E-state index is 11.8. The zero-order valence-electron chi connectivity index (χ0n) is 10.6. The second kappa shape index (κ2) is 7.28. The van der Waals surface area contributed by atoms with Crippen LogP contribution in [0.25, 0.3) is 0 Å². The zero-order chi connectivity index (χ0) is 14.4. The molecule has 0 aliphatic heterocycles. The Morgan fingerprint density at radius 2 is 2.05 bits per heavy atom. The average Bonchev–Trinajstić information content (AvgIpc) is 2.92. The van der Waals surface area contributed by atoms with E-state index in [2.05, 4.69) is 15.6 Å². The molecule has 0 saturated heterocycles. The van der Waals surface area contributed by atoms with Gasteiger partial charge in [0.05, 0.1) is 28.6 Å². The molecule has 0 spiro atoms. The lowest BCUT2D eigenvalue weighted by atomic mass is 10.3. The lowest BCUT2D eigenvalue weighted by Gasteiger charge is -2.10. The van der Waals surface area contributed by atoms with Crippen molar-refractivity contribution in [3.05, 3.63) is 47.0 Å². The van der Waals surface area contributed by atoms with Crippen LogP contribution in [0.1, 0.15) is 0 Å². The van der Waals surface area contributed by atoms with E-state index in [-0.39, 0.29) is 12.5 Å². The Labute approximate surface area is 126 Å². The topological polar surface area (TPSA) is 59.0 Å². The summed E-state index contributed by atoms with van der Waals surface area (Å²) in [7, 11) is 0. The summed E-state index contributed by atoms with van der Waals surface area (Å²) < 4.78 is 1.93. The zero-order valence-corrected chi connectivity index (χ0v) is 12.2. The predicted octanol–water partition coefficient (Wildman–Crippen LogP) is 2.42. The fourth-order valence-corrected chi connectivity index (χ4v) is 2.12. The van der Waals surface area contributed by atoms with Crippen molar-refractivity contribution in [1.82, 2.24) is 14.9 Å². The number of para-hydroxylation sites is 1. The van der Waals surface area contributed by atoms with E-state index >= 15 is 0 Å². The van der Waals surface area contributed by atoms with Gasteiger partial charge in [-0.15, -0.1) is 0 Å². The van der Waals surface area contributed by atoms with Crippen LogP contribution in [0, 0.1) is 0 Å². The van der Waals surface area contributed by atoms with Crippen LogP contribution in [-0.4, -0.2) is 28.5 Å². The van der Waals surface area contributed by atoms with Crippen LogP contribution < -0.4 is 10.6 Å². The molecule has 0 bridgehead atoms. The summed E-state index contributed by atoms with van der Waals surface area (Å²) in [4.78, 5) is 15.7. The molecule has 0 atom stereocenters. The number of amides is 1. The highest BCUT2D eigenvalue weighted by atomic mass is 35.5. The Bertz CT molecular complexity index is 552. The molecule has 1 heterocycles. The maximum Gasteiger partial charge on any atom is 0.238 e. The fraction of sp³-hybridized carbons (Fsp3) is 0.231. The van der Waals surface area contributed by atoms with Crippen LogP contribution in [0.5, 0.6) is 0 Å². The quantitative estimate of drug-likeness (QED) is 0.805. The van der Waals surface area contributed by atoms with Gasteiger partial charge in [0.15, 0.2) is 0 Å².